The summed E-state index contributed by atoms with van der Waals surface area (Å²) in [4.78, 5) is 0. The molecule has 1 unspecified atom stereocenters. The van der Waals surface area contributed by atoms with Gasteiger partial charge in [0.25, 0.3) is 0 Å². The van der Waals surface area contributed by atoms with Crippen molar-refractivity contribution in [2.75, 3.05) is 20.5 Å². The van der Waals surface area contributed by atoms with E-state index in [-0.39, 0.29) is 0 Å². The lowest BCUT2D eigenvalue weighted by Crippen LogP contribution is -2.47. The summed E-state index contributed by atoms with van der Waals surface area (Å²) in [5, 5.41) is 0. The van der Waals surface area contributed by atoms with Gasteiger partial charge in [-0.1, -0.05) is 0 Å². The average molecular weight is 302 g/mol. The lowest BCUT2D eigenvalue weighted by atomic mass is 9.94. The van der Waals surface area contributed by atoms with E-state index in [0.717, 1.165) is 0 Å². The maximum Gasteiger partial charge on any atom is 0.154 e. The predicted molar refractivity (Wildman–Crippen MR) is 78.5 cm³/mol. The van der Waals surface area contributed by atoms with Crippen molar-refractivity contribution in [1.29, 1.82) is 0 Å². The van der Waals surface area contributed by atoms with Crippen molar-refractivity contribution >= 4 is 9.84 Å². The molecule has 0 aliphatic rings. The van der Waals surface area contributed by atoms with Crippen LogP contribution in [0.15, 0.2) is 18.2 Å². The van der Waals surface area contributed by atoms with Crippen molar-refractivity contribution < 1.29 is 17.9 Å². The number of rotatable bonds is 6. The van der Waals surface area contributed by atoms with E-state index in [2.05, 4.69) is 5.43 Å². The van der Waals surface area contributed by atoms with E-state index >= 15 is 0 Å². The van der Waals surface area contributed by atoms with Gasteiger partial charge < -0.3 is 9.47 Å². The Labute approximate surface area is 120 Å². The summed E-state index contributed by atoms with van der Waals surface area (Å²) < 4.78 is 33.3. The molecular formula is C13H22N2O4S. The van der Waals surface area contributed by atoms with Crippen LogP contribution in [0, 0.1) is 0 Å². The zero-order valence-corrected chi connectivity index (χ0v) is 13.2. The smallest absolute Gasteiger partial charge is 0.154 e. The third kappa shape index (κ3) is 3.05. The SMILES string of the molecule is COc1ccc(C(NN)C(C)(C)S(C)(=O)=O)c(OC)c1. The van der Waals surface area contributed by atoms with Crippen molar-refractivity contribution in [3.63, 3.8) is 0 Å². The van der Waals surface area contributed by atoms with Gasteiger partial charge in [0.15, 0.2) is 9.84 Å². The van der Waals surface area contributed by atoms with E-state index < -0.39 is 20.6 Å². The largest absolute Gasteiger partial charge is 0.497 e. The topological polar surface area (TPSA) is 90.6 Å². The normalized spacial score (nSPS) is 13.9. The van der Waals surface area contributed by atoms with Crippen molar-refractivity contribution in [3.05, 3.63) is 23.8 Å². The van der Waals surface area contributed by atoms with E-state index in [9.17, 15) is 8.42 Å². The van der Waals surface area contributed by atoms with E-state index in [4.69, 9.17) is 15.3 Å². The molecule has 0 saturated heterocycles. The number of benzene rings is 1. The lowest BCUT2D eigenvalue weighted by Gasteiger charge is -2.33. The number of sulfone groups is 1. The highest BCUT2D eigenvalue weighted by atomic mass is 32.2. The minimum Gasteiger partial charge on any atom is -0.497 e. The van der Waals surface area contributed by atoms with Crippen LogP contribution in [0.3, 0.4) is 0 Å². The summed E-state index contributed by atoms with van der Waals surface area (Å²) in [5.41, 5.74) is 3.24. The highest BCUT2D eigenvalue weighted by Gasteiger charge is 2.40. The number of hydrazine groups is 1. The molecule has 20 heavy (non-hydrogen) atoms. The van der Waals surface area contributed by atoms with Gasteiger partial charge in [-0.05, 0) is 26.0 Å². The number of ether oxygens (including phenoxy) is 2. The monoisotopic (exact) mass is 302 g/mol. The molecule has 114 valence electrons. The first-order chi connectivity index (χ1) is 9.18. The molecule has 0 amide bonds. The van der Waals surface area contributed by atoms with E-state index in [0.29, 0.717) is 17.1 Å². The molecule has 0 fully saturated rings. The van der Waals surface area contributed by atoms with Crippen molar-refractivity contribution in [2.45, 2.75) is 24.6 Å². The highest BCUT2D eigenvalue weighted by molar-refractivity contribution is 7.92. The summed E-state index contributed by atoms with van der Waals surface area (Å²) in [6, 6.07) is 4.56. The molecule has 0 radical (unpaired) electrons. The molecule has 0 aliphatic carbocycles. The van der Waals surface area contributed by atoms with Gasteiger partial charge >= 0.3 is 0 Å². The molecular weight excluding hydrogens is 280 g/mol. The number of nitrogens with two attached hydrogens (primary N) is 1. The van der Waals surface area contributed by atoms with Gasteiger partial charge in [-0.2, -0.15) is 0 Å². The van der Waals surface area contributed by atoms with E-state index in [1.807, 2.05) is 0 Å². The Morgan fingerprint density at radius 1 is 1.25 bits per heavy atom. The van der Waals surface area contributed by atoms with Gasteiger partial charge in [-0.3, -0.25) is 11.3 Å². The van der Waals surface area contributed by atoms with Crippen molar-refractivity contribution in [2.24, 2.45) is 5.84 Å². The molecule has 7 heteroatoms. The first-order valence-corrected chi connectivity index (χ1v) is 7.95. The molecule has 3 N–H and O–H groups in total. The molecule has 1 aromatic carbocycles. The quantitative estimate of drug-likeness (QED) is 0.602. The molecule has 0 bridgehead atoms. The minimum atomic E-state index is -3.33. The number of methoxy groups -OCH3 is 2. The maximum absolute atomic E-state index is 12.0. The average Bonchev–Trinajstić information content (AvgIpc) is 2.38. The summed E-state index contributed by atoms with van der Waals surface area (Å²) in [7, 11) is -0.269. The third-order valence-electron chi connectivity index (χ3n) is 3.57. The minimum absolute atomic E-state index is 0.518. The summed E-state index contributed by atoms with van der Waals surface area (Å²) in [5.74, 6) is 6.72. The first kappa shape index (κ1) is 16.7. The molecule has 0 spiro atoms. The van der Waals surface area contributed by atoms with Crippen LogP contribution >= 0.6 is 0 Å². The summed E-state index contributed by atoms with van der Waals surface area (Å²) >= 11 is 0. The fourth-order valence-electron chi connectivity index (χ4n) is 1.94. The lowest BCUT2D eigenvalue weighted by molar-refractivity contribution is 0.370. The molecule has 1 atom stereocenters. The fraction of sp³-hybridized carbons (Fsp3) is 0.538. The van der Waals surface area contributed by atoms with Gasteiger partial charge in [0, 0.05) is 17.9 Å². The van der Waals surface area contributed by atoms with Gasteiger partial charge in [-0.15, -0.1) is 0 Å². The van der Waals surface area contributed by atoms with Gasteiger partial charge in [-0.25, -0.2) is 8.42 Å². The Morgan fingerprint density at radius 2 is 1.85 bits per heavy atom. The highest BCUT2D eigenvalue weighted by Crippen LogP contribution is 2.37. The van der Waals surface area contributed by atoms with Gasteiger partial charge in [0.1, 0.15) is 11.5 Å². The standard InChI is InChI=1S/C13H22N2O4S/c1-13(2,20(5,16)17)12(15-14)10-7-6-9(18-3)8-11(10)19-4/h6-8,12,15H,14H2,1-5H3. The molecule has 0 aromatic heterocycles. The van der Waals surface area contributed by atoms with Crippen LogP contribution in [0.5, 0.6) is 11.5 Å². The third-order valence-corrected chi connectivity index (χ3v) is 5.72. The maximum atomic E-state index is 12.0. The first-order valence-electron chi connectivity index (χ1n) is 6.06. The zero-order chi connectivity index (χ0) is 15.6. The Morgan fingerprint density at radius 3 is 2.25 bits per heavy atom. The summed E-state index contributed by atoms with van der Waals surface area (Å²) in [6.45, 7) is 3.24. The Balaban J connectivity index is 3.40. The Hall–Kier alpha value is -1.31. The van der Waals surface area contributed by atoms with E-state index in [1.54, 1.807) is 39.2 Å². The van der Waals surface area contributed by atoms with Crippen LogP contribution in [0.2, 0.25) is 0 Å². The summed E-state index contributed by atoms with van der Waals surface area (Å²) in [6.07, 6.45) is 1.19. The molecule has 0 heterocycles. The zero-order valence-electron chi connectivity index (χ0n) is 12.4. The molecule has 1 aromatic rings. The van der Waals surface area contributed by atoms with Gasteiger partial charge in [0.05, 0.1) is 25.0 Å². The van der Waals surface area contributed by atoms with Crippen molar-refractivity contribution in [1.82, 2.24) is 5.43 Å². The molecule has 0 saturated carbocycles. The number of hydrogen-bond acceptors (Lipinski definition) is 6. The second-order valence-electron chi connectivity index (χ2n) is 5.08. The van der Waals surface area contributed by atoms with Crippen LogP contribution in [0.4, 0.5) is 0 Å². The molecule has 0 aliphatic heterocycles. The van der Waals surface area contributed by atoms with Crippen LogP contribution < -0.4 is 20.7 Å². The van der Waals surface area contributed by atoms with Crippen LogP contribution in [-0.2, 0) is 9.84 Å². The second-order valence-corrected chi connectivity index (χ2v) is 7.68. The predicted octanol–water partition coefficient (Wildman–Crippen LogP) is 1.03. The Kier molecular flexibility index (Phi) is 5.01. The number of hydrogen-bond donors (Lipinski definition) is 2. The van der Waals surface area contributed by atoms with E-state index in [1.165, 1.54) is 13.4 Å². The Bertz CT molecular complexity index is 570. The molecule has 1 rings (SSSR count). The van der Waals surface area contributed by atoms with Crippen LogP contribution in [0.1, 0.15) is 25.5 Å². The fourth-order valence-corrected chi connectivity index (χ4v) is 2.56. The van der Waals surface area contributed by atoms with Gasteiger partial charge in [0.2, 0.25) is 0 Å². The number of nitrogens with one attached hydrogen (secondary N) is 1. The molecule has 6 nitrogen and oxygen atoms in total. The van der Waals surface area contributed by atoms with Crippen molar-refractivity contribution in [3.8, 4) is 11.5 Å². The van der Waals surface area contributed by atoms with Crippen LogP contribution in [-0.4, -0.2) is 33.6 Å². The second kappa shape index (κ2) is 5.99. The van der Waals surface area contributed by atoms with Crippen LogP contribution in [0.25, 0.3) is 0 Å².